The SMILES string of the molecule is CC(C)(C)OC(=O)N1C[C@H]2C[C@@H]1CN2Cc1ccc(N)nc1. The van der Waals surface area contributed by atoms with Gasteiger partial charge in [0.2, 0.25) is 0 Å². The number of likely N-dealkylation sites (tertiary alicyclic amines) is 2. The molecule has 0 unspecified atom stereocenters. The van der Waals surface area contributed by atoms with Gasteiger partial charge in [0.15, 0.2) is 0 Å². The Morgan fingerprint density at radius 3 is 2.68 bits per heavy atom. The number of fused-ring (bicyclic) bond motifs is 2. The number of nitrogens with zero attached hydrogens (tertiary/aromatic N) is 3. The normalized spacial score (nSPS) is 24.8. The fourth-order valence-electron chi connectivity index (χ4n) is 3.25. The third-order valence-corrected chi connectivity index (χ3v) is 4.22. The lowest BCUT2D eigenvalue weighted by Crippen LogP contribution is -2.49. The summed E-state index contributed by atoms with van der Waals surface area (Å²) in [6, 6.07) is 4.52. The highest BCUT2D eigenvalue weighted by atomic mass is 16.6. The molecule has 22 heavy (non-hydrogen) atoms. The molecule has 2 saturated heterocycles. The quantitative estimate of drug-likeness (QED) is 0.903. The van der Waals surface area contributed by atoms with Crippen LogP contribution < -0.4 is 5.73 Å². The van der Waals surface area contributed by atoms with E-state index in [9.17, 15) is 4.79 Å². The van der Waals surface area contributed by atoms with Gasteiger partial charge in [0.25, 0.3) is 0 Å². The van der Waals surface area contributed by atoms with Crippen molar-refractivity contribution in [3.63, 3.8) is 0 Å². The lowest BCUT2D eigenvalue weighted by atomic mass is 10.2. The second-order valence-corrected chi connectivity index (χ2v) is 7.20. The lowest BCUT2D eigenvalue weighted by molar-refractivity contribution is 0.0124. The van der Waals surface area contributed by atoms with Crippen molar-refractivity contribution in [3.8, 4) is 0 Å². The van der Waals surface area contributed by atoms with Crippen molar-refractivity contribution >= 4 is 11.9 Å². The minimum Gasteiger partial charge on any atom is -0.444 e. The number of piperazine rings is 1. The van der Waals surface area contributed by atoms with Gasteiger partial charge in [-0.3, -0.25) is 4.90 Å². The van der Waals surface area contributed by atoms with Gasteiger partial charge in [-0.15, -0.1) is 0 Å². The molecule has 0 spiro atoms. The number of nitrogen functional groups attached to an aromatic ring is 1. The van der Waals surface area contributed by atoms with Crippen LogP contribution in [0.5, 0.6) is 0 Å². The minimum atomic E-state index is -0.436. The van der Waals surface area contributed by atoms with Gasteiger partial charge in [-0.2, -0.15) is 0 Å². The number of amides is 1. The van der Waals surface area contributed by atoms with Crippen LogP contribution in [-0.4, -0.2) is 51.7 Å². The van der Waals surface area contributed by atoms with E-state index in [0.717, 1.165) is 31.6 Å². The number of ether oxygens (including phenoxy) is 1. The van der Waals surface area contributed by atoms with E-state index in [4.69, 9.17) is 10.5 Å². The molecule has 2 aliphatic heterocycles. The smallest absolute Gasteiger partial charge is 0.410 e. The van der Waals surface area contributed by atoms with Crippen molar-refractivity contribution in [2.24, 2.45) is 0 Å². The second kappa shape index (κ2) is 5.43. The number of hydrogen-bond acceptors (Lipinski definition) is 5. The molecule has 3 heterocycles. The highest BCUT2D eigenvalue weighted by Crippen LogP contribution is 2.32. The van der Waals surface area contributed by atoms with Gasteiger partial charge >= 0.3 is 6.09 Å². The molecular weight excluding hydrogens is 280 g/mol. The molecule has 120 valence electrons. The van der Waals surface area contributed by atoms with E-state index in [1.54, 1.807) is 0 Å². The summed E-state index contributed by atoms with van der Waals surface area (Å²) in [6.45, 7) is 8.21. The number of carbonyl (C=O) groups is 1. The Morgan fingerprint density at radius 2 is 2.14 bits per heavy atom. The van der Waals surface area contributed by atoms with Gasteiger partial charge in [-0.05, 0) is 38.8 Å². The van der Waals surface area contributed by atoms with Crippen molar-refractivity contribution in [1.29, 1.82) is 0 Å². The summed E-state index contributed by atoms with van der Waals surface area (Å²) in [5.41, 5.74) is 6.34. The molecule has 0 aromatic carbocycles. The monoisotopic (exact) mass is 304 g/mol. The summed E-state index contributed by atoms with van der Waals surface area (Å²) in [4.78, 5) is 20.6. The van der Waals surface area contributed by atoms with Crippen molar-refractivity contribution < 1.29 is 9.53 Å². The number of anilines is 1. The van der Waals surface area contributed by atoms with Crippen molar-refractivity contribution in [3.05, 3.63) is 23.9 Å². The summed E-state index contributed by atoms with van der Waals surface area (Å²) in [6.07, 6.45) is 2.67. The minimum absolute atomic E-state index is 0.186. The van der Waals surface area contributed by atoms with Gasteiger partial charge in [-0.25, -0.2) is 9.78 Å². The fourth-order valence-corrected chi connectivity index (χ4v) is 3.25. The number of pyridine rings is 1. The Balaban J connectivity index is 1.58. The van der Waals surface area contributed by atoms with Crippen LogP contribution in [0.1, 0.15) is 32.8 Å². The maximum Gasteiger partial charge on any atom is 0.410 e. The fraction of sp³-hybridized carbons (Fsp3) is 0.625. The zero-order chi connectivity index (χ0) is 15.9. The molecule has 0 aliphatic carbocycles. The maximum absolute atomic E-state index is 12.2. The van der Waals surface area contributed by atoms with Crippen molar-refractivity contribution in [2.45, 2.75) is 51.4 Å². The summed E-state index contributed by atoms with van der Waals surface area (Å²) in [5, 5.41) is 0. The Bertz CT molecular complexity index is 552. The molecule has 1 amide bonds. The molecule has 0 radical (unpaired) electrons. The first-order valence-electron chi connectivity index (χ1n) is 7.76. The van der Waals surface area contributed by atoms with Crippen molar-refractivity contribution in [1.82, 2.24) is 14.8 Å². The van der Waals surface area contributed by atoms with Crippen LogP contribution in [0.3, 0.4) is 0 Å². The van der Waals surface area contributed by atoms with Crippen LogP contribution in [0, 0.1) is 0 Å². The summed E-state index contributed by atoms with van der Waals surface area (Å²) >= 11 is 0. The molecule has 1 aromatic rings. The summed E-state index contributed by atoms with van der Waals surface area (Å²) in [5.74, 6) is 0.544. The molecule has 6 nitrogen and oxygen atoms in total. The Kier molecular flexibility index (Phi) is 3.72. The molecule has 0 saturated carbocycles. The third-order valence-electron chi connectivity index (χ3n) is 4.22. The van der Waals surface area contributed by atoms with E-state index in [1.807, 2.05) is 44.0 Å². The first-order valence-corrected chi connectivity index (χ1v) is 7.76. The van der Waals surface area contributed by atoms with E-state index >= 15 is 0 Å². The van der Waals surface area contributed by atoms with Gasteiger partial charge in [-0.1, -0.05) is 6.07 Å². The van der Waals surface area contributed by atoms with Crippen molar-refractivity contribution in [2.75, 3.05) is 18.8 Å². The van der Waals surface area contributed by atoms with Gasteiger partial charge in [0, 0.05) is 37.9 Å². The highest BCUT2D eigenvalue weighted by Gasteiger charge is 2.46. The first-order chi connectivity index (χ1) is 10.3. The van der Waals surface area contributed by atoms with E-state index in [0.29, 0.717) is 11.9 Å². The van der Waals surface area contributed by atoms with Crippen LogP contribution in [0.4, 0.5) is 10.6 Å². The molecular formula is C16H24N4O2. The predicted molar refractivity (Wildman–Crippen MR) is 84.2 cm³/mol. The van der Waals surface area contributed by atoms with Gasteiger partial charge < -0.3 is 15.4 Å². The third kappa shape index (κ3) is 3.16. The molecule has 6 heteroatoms. The number of aromatic nitrogens is 1. The maximum atomic E-state index is 12.2. The zero-order valence-electron chi connectivity index (χ0n) is 13.5. The number of hydrogen-bond donors (Lipinski definition) is 1. The average Bonchev–Trinajstić information content (AvgIpc) is 2.99. The molecule has 3 rings (SSSR count). The van der Waals surface area contributed by atoms with Gasteiger partial charge in [0.1, 0.15) is 11.4 Å². The Hall–Kier alpha value is -1.82. The van der Waals surface area contributed by atoms with E-state index in [1.165, 1.54) is 0 Å². The topological polar surface area (TPSA) is 71.7 Å². The average molecular weight is 304 g/mol. The van der Waals surface area contributed by atoms with Crippen LogP contribution in [0.25, 0.3) is 0 Å². The van der Waals surface area contributed by atoms with Gasteiger partial charge in [0.05, 0.1) is 0 Å². The van der Waals surface area contributed by atoms with Crippen LogP contribution >= 0.6 is 0 Å². The highest BCUT2D eigenvalue weighted by molar-refractivity contribution is 5.69. The van der Waals surface area contributed by atoms with Crippen LogP contribution in [0.15, 0.2) is 18.3 Å². The summed E-state index contributed by atoms with van der Waals surface area (Å²) < 4.78 is 5.49. The van der Waals surface area contributed by atoms with E-state index in [2.05, 4.69) is 9.88 Å². The lowest BCUT2D eigenvalue weighted by Gasteiger charge is -2.35. The predicted octanol–water partition coefficient (Wildman–Crippen LogP) is 1.86. The first kappa shape index (κ1) is 15.1. The van der Waals surface area contributed by atoms with E-state index < -0.39 is 5.60 Å². The zero-order valence-corrected chi connectivity index (χ0v) is 13.5. The van der Waals surface area contributed by atoms with Crippen LogP contribution in [0.2, 0.25) is 0 Å². The Morgan fingerprint density at radius 1 is 1.36 bits per heavy atom. The molecule has 1 aromatic heterocycles. The largest absolute Gasteiger partial charge is 0.444 e. The Labute approximate surface area is 131 Å². The second-order valence-electron chi connectivity index (χ2n) is 7.20. The molecule has 2 atom stereocenters. The van der Waals surface area contributed by atoms with E-state index in [-0.39, 0.29) is 12.1 Å². The molecule has 2 fully saturated rings. The molecule has 2 N–H and O–H groups in total. The molecule has 2 bridgehead atoms. The number of nitrogens with two attached hydrogens (primary N) is 1. The molecule has 2 aliphatic rings. The standard InChI is InChI=1S/C16H24N4O2/c1-16(2,3)22-15(21)20-10-12-6-13(20)9-19(12)8-11-4-5-14(17)18-7-11/h4-5,7,12-13H,6,8-10H2,1-3H3,(H2,17,18)/t12-,13-/m1/s1. The number of rotatable bonds is 2. The van der Waals surface area contributed by atoms with Crippen LogP contribution in [-0.2, 0) is 11.3 Å². The number of carbonyl (C=O) groups excluding carboxylic acids is 1. The summed E-state index contributed by atoms with van der Waals surface area (Å²) in [7, 11) is 0.